The Morgan fingerprint density at radius 2 is 2.00 bits per heavy atom. The van der Waals surface area contributed by atoms with Gasteiger partial charge in [-0.2, -0.15) is 5.10 Å². The predicted octanol–water partition coefficient (Wildman–Crippen LogP) is 4.42. The van der Waals surface area contributed by atoms with E-state index in [0.717, 1.165) is 37.5 Å². The molecule has 1 aromatic carbocycles. The molecule has 0 amide bonds. The lowest BCUT2D eigenvalue weighted by Gasteiger charge is -2.11. The first-order valence-corrected chi connectivity index (χ1v) is 8.07. The number of hydrogen-bond donors (Lipinski definition) is 1. The van der Waals surface area contributed by atoms with E-state index in [0.29, 0.717) is 0 Å². The fourth-order valence-corrected chi connectivity index (χ4v) is 2.67. The van der Waals surface area contributed by atoms with Gasteiger partial charge in [-0.3, -0.25) is 4.68 Å². The van der Waals surface area contributed by atoms with Crippen LogP contribution in [0.25, 0.3) is 11.1 Å². The highest BCUT2D eigenvalue weighted by Gasteiger charge is 2.12. The number of nitrogens with one attached hydrogen (secondary N) is 1. The number of halogens is 1. The summed E-state index contributed by atoms with van der Waals surface area (Å²) in [5.74, 6) is 0. The monoisotopic (exact) mass is 305 g/mol. The standard InChI is InChI=1S/C17H24ClN3/c1-4-8-19-11-14-6-7-15(18)10-16(14)17-12-20-21(9-5-2)13(17)3/h6-7,10,12,19H,4-5,8-9,11H2,1-3H3. The molecule has 0 aliphatic rings. The Morgan fingerprint density at radius 3 is 2.71 bits per heavy atom. The van der Waals surface area contributed by atoms with Crippen molar-refractivity contribution in [1.82, 2.24) is 15.1 Å². The Labute approximate surface area is 132 Å². The van der Waals surface area contributed by atoms with E-state index in [1.54, 1.807) is 0 Å². The van der Waals surface area contributed by atoms with Crippen molar-refractivity contribution in [3.63, 3.8) is 0 Å². The second-order valence-corrected chi connectivity index (χ2v) is 5.78. The molecule has 0 unspecified atom stereocenters. The summed E-state index contributed by atoms with van der Waals surface area (Å²) in [6.45, 7) is 9.31. The molecule has 3 nitrogen and oxygen atoms in total. The zero-order valence-electron chi connectivity index (χ0n) is 13.1. The van der Waals surface area contributed by atoms with E-state index in [4.69, 9.17) is 11.6 Å². The SMILES string of the molecule is CCCNCc1ccc(Cl)cc1-c1cnn(CCC)c1C. The number of hydrogen-bond acceptors (Lipinski definition) is 2. The van der Waals surface area contributed by atoms with Crippen LogP contribution in [0.5, 0.6) is 0 Å². The van der Waals surface area contributed by atoms with Crippen LogP contribution in [0.4, 0.5) is 0 Å². The van der Waals surface area contributed by atoms with Gasteiger partial charge in [0.15, 0.2) is 0 Å². The molecule has 1 N–H and O–H groups in total. The molecule has 0 saturated carbocycles. The first kappa shape index (κ1) is 16.1. The Kier molecular flexibility index (Phi) is 5.83. The summed E-state index contributed by atoms with van der Waals surface area (Å²) in [6, 6.07) is 6.11. The van der Waals surface area contributed by atoms with Crippen LogP contribution in [0.3, 0.4) is 0 Å². The van der Waals surface area contributed by atoms with Gasteiger partial charge < -0.3 is 5.32 Å². The summed E-state index contributed by atoms with van der Waals surface area (Å²) < 4.78 is 2.07. The van der Waals surface area contributed by atoms with E-state index in [1.807, 2.05) is 18.3 Å². The van der Waals surface area contributed by atoms with Gasteiger partial charge >= 0.3 is 0 Å². The van der Waals surface area contributed by atoms with Gasteiger partial charge in [-0.25, -0.2) is 0 Å². The fraction of sp³-hybridized carbons (Fsp3) is 0.471. The third kappa shape index (κ3) is 3.86. The zero-order valence-corrected chi connectivity index (χ0v) is 13.9. The van der Waals surface area contributed by atoms with E-state index in [-0.39, 0.29) is 0 Å². The third-order valence-electron chi connectivity index (χ3n) is 3.64. The minimum atomic E-state index is 0.770. The second kappa shape index (κ2) is 7.62. The molecule has 0 bridgehead atoms. The molecular weight excluding hydrogens is 282 g/mol. The summed E-state index contributed by atoms with van der Waals surface area (Å²) in [4.78, 5) is 0. The molecule has 1 heterocycles. The Morgan fingerprint density at radius 1 is 1.19 bits per heavy atom. The molecule has 21 heavy (non-hydrogen) atoms. The predicted molar refractivity (Wildman–Crippen MR) is 89.7 cm³/mol. The van der Waals surface area contributed by atoms with Gasteiger partial charge in [0.2, 0.25) is 0 Å². The summed E-state index contributed by atoms with van der Waals surface area (Å²) in [7, 11) is 0. The van der Waals surface area contributed by atoms with E-state index in [1.165, 1.54) is 22.4 Å². The highest BCUT2D eigenvalue weighted by molar-refractivity contribution is 6.30. The average Bonchev–Trinajstić information content (AvgIpc) is 2.82. The van der Waals surface area contributed by atoms with Crippen LogP contribution < -0.4 is 5.32 Å². The van der Waals surface area contributed by atoms with Crippen molar-refractivity contribution in [2.75, 3.05) is 6.54 Å². The maximum Gasteiger partial charge on any atom is 0.0571 e. The molecule has 0 fully saturated rings. The lowest BCUT2D eigenvalue weighted by molar-refractivity contribution is 0.587. The van der Waals surface area contributed by atoms with Crippen LogP contribution in [0.1, 0.15) is 37.9 Å². The van der Waals surface area contributed by atoms with Gasteiger partial charge in [-0.05, 0) is 49.6 Å². The number of benzene rings is 1. The van der Waals surface area contributed by atoms with Crippen LogP contribution in [-0.4, -0.2) is 16.3 Å². The molecule has 0 radical (unpaired) electrons. The van der Waals surface area contributed by atoms with Gasteiger partial charge in [0.05, 0.1) is 6.20 Å². The highest BCUT2D eigenvalue weighted by Crippen LogP contribution is 2.29. The fourth-order valence-electron chi connectivity index (χ4n) is 2.50. The second-order valence-electron chi connectivity index (χ2n) is 5.35. The lowest BCUT2D eigenvalue weighted by Crippen LogP contribution is -2.14. The molecule has 0 aliphatic heterocycles. The number of rotatable bonds is 7. The molecule has 0 atom stereocenters. The first-order valence-electron chi connectivity index (χ1n) is 7.69. The van der Waals surface area contributed by atoms with E-state index < -0.39 is 0 Å². The lowest BCUT2D eigenvalue weighted by atomic mass is 10.00. The molecule has 0 saturated heterocycles. The molecule has 0 aliphatic carbocycles. The molecule has 2 rings (SSSR count). The molecule has 1 aromatic heterocycles. The summed E-state index contributed by atoms with van der Waals surface area (Å²) in [6.07, 6.45) is 4.18. The topological polar surface area (TPSA) is 29.9 Å². The van der Waals surface area contributed by atoms with Crippen LogP contribution >= 0.6 is 11.6 Å². The van der Waals surface area contributed by atoms with Gasteiger partial charge in [-0.1, -0.05) is 31.5 Å². The number of nitrogens with zero attached hydrogens (tertiary/aromatic N) is 2. The maximum atomic E-state index is 6.20. The van der Waals surface area contributed by atoms with Crippen molar-refractivity contribution >= 4 is 11.6 Å². The van der Waals surface area contributed by atoms with E-state index in [9.17, 15) is 0 Å². The molecule has 0 spiro atoms. The summed E-state index contributed by atoms with van der Waals surface area (Å²) >= 11 is 6.20. The van der Waals surface area contributed by atoms with Crippen molar-refractivity contribution in [3.05, 3.63) is 40.7 Å². The van der Waals surface area contributed by atoms with Crippen LogP contribution in [0, 0.1) is 6.92 Å². The normalized spacial score (nSPS) is 11.0. The minimum Gasteiger partial charge on any atom is -0.313 e. The average molecular weight is 306 g/mol. The van der Waals surface area contributed by atoms with Crippen molar-refractivity contribution in [2.45, 2.75) is 46.7 Å². The Balaban J connectivity index is 2.35. The third-order valence-corrected chi connectivity index (χ3v) is 3.88. The van der Waals surface area contributed by atoms with Crippen LogP contribution in [0.2, 0.25) is 5.02 Å². The van der Waals surface area contributed by atoms with Crippen LogP contribution in [0.15, 0.2) is 24.4 Å². The van der Waals surface area contributed by atoms with Crippen LogP contribution in [-0.2, 0) is 13.1 Å². The van der Waals surface area contributed by atoms with Crippen molar-refractivity contribution in [1.29, 1.82) is 0 Å². The molecule has 114 valence electrons. The highest BCUT2D eigenvalue weighted by atomic mass is 35.5. The smallest absolute Gasteiger partial charge is 0.0571 e. The Hall–Kier alpha value is -1.32. The van der Waals surface area contributed by atoms with Gasteiger partial charge in [0, 0.05) is 29.4 Å². The summed E-state index contributed by atoms with van der Waals surface area (Å²) in [5.41, 5.74) is 4.84. The summed E-state index contributed by atoms with van der Waals surface area (Å²) in [5, 5.41) is 8.73. The van der Waals surface area contributed by atoms with Crippen molar-refractivity contribution in [3.8, 4) is 11.1 Å². The van der Waals surface area contributed by atoms with Gasteiger partial charge in [-0.15, -0.1) is 0 Å². The number of aryl methyl sites for hydroxylation is 1. The largest absolute Gasteiger partial charge is 0.313 e. The molecule has 2 aromatic rings. The maximum absolute atomic E-state index is 6.20. The molecular formula is C17H24ClN3. The van der Waals surface area contributed by atoms with E-state index >= 15 is 0 Å². The van der Waals surface area contributed by atoms with Gasteiger partial charge in [0.1, 0.15) is 0 Å². The Bertz CT molecular complexity index is 590. The first-order chi connectivity index (χ1) is 10.2. The molecule has 4 heteroatoms. The van der Waals surface area contributed by atoms with Crippen molar-refractivity contribution < 1.29 is 0 Å². The van der Waals surface area contributed by atoms with Crippen molar-refractivity contribution in [2.24, 2.45) is 0 Å². The quantitative estimate of drug-likeness (QED) is 0.767. The minimum absolute atomic E-state index is 0.770. The van der Waals surface area contributed by atoms with E-state index in [2.05, 4.69) is 41.9 Å². The zero-order chi connectivity index (χ0) is 15.2. The van der Waals surface area contributed by atoms with Gasteiger partial charge in [0.25, 0.3) is 0 Å². The number of aromatic nitrogens is 2.